The lowest BCUT2D eigenvalue weighted by Crippen LogP contribution is -2.33. The van der Waals surface area contributed by atoms with Crippen LogP contribution in [-0.4, -0.2) is 49.3 Å². The fourth-order valence-electron chi connectivity index (χ4n) is 4.40. The zero-order valence-electron chi connectivity index (χ0n) is 17.5. The minimum absolute atomic E-state index is 0.136. The number of nitrogens with zero attached hydrogens (tertiary/aromatic N) is 1. The van der Waals surface area contributed by atoms with Crippen molar-refractivity contribution >= 4 is 11.5 Å². The van der Waals surface area contributed by atoms with Crippen LogP contribution in [0.1, 0.15) is 41.5 Å². The van der Waals surface area contributed by atoms with Crippen LogP contribution in [-0.2, 0) is 22.6 Å². The minimum atomic E-state index is -0.153. The maximum absolute atomic E-state index is 11.5. The summed E-state index contributed by atoms with van der Waals surface area (Å²) >= 11 is 0. The van der Waals surface area contributed by atoms with Crippen LogP contribution < -0.4 is 4.74 Å². The van der Waals surface area contributed by atoms with Gasteiger partial charge in [-0.2, -0.15) is 0 Å². The molecule has 1 saturated heterocycles. The summed E-state index contributed by atoms with van der Waals surface area (Å²) in [5.41, 5.74) is 7.41. The standard InChI is InChI=1S/C25H29NO4/c1-29-24(28)10-14-26-12-8-19(9-13-26)25-21-5-3-2-4-20(21)17-30-23-7-6-18(11-15-27)16-22(23)25/h2-7,16,27H,8-15,17H2,1H3. The highest BCUT2D eigenvalue weighted by molar-refractivity contribution is 5.87. The lowest BCUT2D eigenvalue weighted by Gasteiger charge is -2.30. The first-order chi connectivity index (χ1) is 14.7. The van der Waals surface area contributed by atoms with Crippen LogP contribution >= 0.6 is 0 Å². The Labute approximate surface area is 177 Å². The van der Waals surface area contributed by atoms with E-state index in [1.165, 1.54) is 29.4 Å². The number of fused-ring (bicyclic) bond motifs is 2. The Morgan fingerprint density at radius 1 is 1.13 bits per heavy atom. The van der Waals surface area contributed by atoms with Crippen LogP contribution in [0, 0.1) is 0 Å². The summed E-state index contributed by atoms with van der Waals surface area (Å²) in [5.74, 6) is 0.753. The van der Waals surface area contributed by atoms with E-state index in [0.717, 1.165) is 49.4 Å². The van der Waals surface area contributed by atoms with Gasteiger partial charge in [0.05, 0.1) is 13.5 Å². The molecule has 0 unspecified atom stereocenters. The molecule has 0 amide bonds. The number of ether oxygens (including phenoxy) is 2. The average molecular weight is 408 g/mol. The molecule has 0 bridgehead atoms. The molecule has 2 aliphatic rings. The van der Waals surface area contributed by atoms with Crippen molar-refractivity contribution in [3.63, 3.8) is 0 Å². The quantitative estimate of drug-likeness (QED) is 0.768. The lowest BCUT2D eigenvalue weighted by atomic mass is 9.86. The van der Waals surface area contributed by atoms with E-state index in [1.807, 2.05) is 12.1 Å². The average Bonchev–Trinajstić information content (AvgIpc) is 2.94. The smallest absolute Gasteiger partial charge is 0.306 e. The van der Waals surface area contributed by atoms with Crippen molar-refractivity contribution in [3.8, 4) is 5.75 Å². The number of hydrogen-bond donors (Lipinski definition) is 1. The Hall–Kier alpha value is -2.63. The van der Waals surface area contributed by atoms with Gasteiger partial charge in [-0.15, -0.1) is 0 Å². The third-order valence-electron chi connectivity index (χ3n) is 6.06. The number of aliphatic hydroxyl groups excluding tert-OH is 1. The van der Waals surface area contributed by atoms with Crippen molar-refractivity contribution < 1.29 is 19.4 Å². The van der Waals surface area contributed by atoms with Gasteiger partial charge in [0.25, 0.3) is 0 Å². The Balaban J connectivity index is 1.68. The summed E-state index contributed by atoms with van der Waals surface area (Å²) in [5, 5.41) is 9.41. The Morgan fingerprint density at radius 2 is 1.93 bits per heavy atom. The predicted molar refractivity (Wildman–Crippen MR) is 116 cm³/mol. The zero-order valence-corrected chi connectivity index (χ0v) is 17.5. The van der Waals surface area contributed by atoms with Gasteiger partial charge in [0.1, 0.15) is 12.4 Å². The van der Waals surface area contributed by atoms with Crippen LogP contribution in [0.15, 0.2) is 48.0 Å². The summed E-state index contributed by atoms with van der Waals surface area (Å²) in [7, 11) is 1.44. The van der Waals surface area contributed by atoms with Gasteiger partial charge < -0.3 is 19.5 Å². The van der Waals surface area contributed by atoms with Gasteiger partial charge in [0, 0.05) is 31.8 Å². The molecule has 5 nitrogen and oxygen atoms in total. The predicted octanol–water partition coefficient (Wildman–Crippen LogP) is 3.57. The zero-order chi connectivity index (χ0) is 20.9. The molecule has 0 aliphatic carbocycles. The van der Waals surface area contributed by atoms with E-state index in [1.54, 1.807) is 0 Å². The molecule has 0 atom stereocenters. The Morgan fingerprint density at radius 3 is 2.70 bits per heavy atom. The van der Waals surface area contributed by atoms with Crippen molar-refractivity contribution in [3.05, 3.63) is 70.3 Å². The van der Waals surface area contributed by atoms with Crippen molar-refractivity contribution in [2.75, 3.05) is 33.4 Å². The second-order valence-corrected chi connectivity index (χ2v) is 7.90. The second-order valence-electron chi connectivity index (χ2n) is 7.90. The normalized spacial score (nSPS) is 16.3. The largest absolute Gasteiger partial charge is 0.488 e. The summed E-state index contributed by atoms with van der Waals surface area (Å²) in [4.78, 5) is 13.8. The molecule has 1 N–H and O–H groups in total. The number of piperidine rings is 1. The minimum Gasteiger partial charge on any atom is -0.488 e. The maximum atomic E-state index is 11.5. The maximum Gasteiger partial charge on any atom is 0.306 e. The molecule has 0 spiro atoms. The van der Waals surface area contributed by atoms with Gasteiger partial charge in [-0.25, -0.2) is 0 Å². The number of carbonyl (C=O) groups excluding carboxylic acids is 1. The number of rotatable bonds is 5. The molecule has 5 heteroatoms. The monoisotopic (exact) mass is 407 g/mol. The first-order valence-corrected chi connectivity index (χ1v) is 10.7. The molecule has 158 valence electrons. The molecule has 2 aromatic rings. The first-order valence-electron chi connectivity index (χ1n) is 10.7. The van der Waals surface area contributed by atoms with E-state index in [2.05, 4.69) is 35.2 Å². The molecule has 1 fully saturated rings. The molecule has 2 aliphatic heterocycles. The third kappa shape index (κ3) is 4.42. The van der Waals surface area contributed by atoms with Crippen molar-refractivity contribution in [2.45, 2.75) is 32.3 Å². The third-order valence-corrected chi connectivity index (χ3v) is 6.06. The van der Waals surface area contributed by atoms with E-state index in [9.17, 15) is 9.90 Å². The van der Waals surface area contributed by atoms with Gasteiger partial charge >= 0.3 is 5.97 Å². The molecule has 0 aromatic heterocycles. The summed E-state index contributed by atoms with van der Waals surface area (Å²) in [6, 6.07) is 14.8. The lowest BCUT2D eigenvalue weighted by molar-refractivity contribution is -0.141. The molecular formula is C25H29NO4. The second kappa shape index (κ2) is 9.45. The van der Waals surface area contributed by atoms with Gasteiger partial charge in [-0.3, -0.25) is 4.79 Å². The molecule has 4 rings (SSSR count). The number of benzene rings is 2. The number of hydrogen-bond acceptors (Lipinski definition) is 5. The number of carbonyl (C=O) groups is 1. The highest BCUT2D eigenvalue weighted by atomic mass is 16.5. The van der Waals surface area contributed by atoms with Crippen LogP contribution in [0.2, 0.25) is 0 Å². The first kappa shape index (κ1) is 20.6. The summed E-state index contributed by atoms with van der Waals surface area (Å²) in [6.07, 6.45) is 3.01. The van der Waals surface area contributed by atoms with Crippen molar-refractivity contribution in [1.29, 1.82) is 0 Å². The molecular weight excluding hydrogens is 378 g/mol. The number of methoxy groups -OCH3 is 1. The van der Waals surface area contributed by atoms with E-state index in [4.69, 9.17) is 9.47 Å². The SMILES string of the molecule is COC(=O)CCN1CCC(=C2c3ccccc3COc3ccc(CCO)cc32)CC1. The number of likely N-dealkylation sites (tertiary alicyclic amines) is 1. The fraction of sp³-hybridized carbons (Fsp3) is 0.400. The highest BCUT2D eigenvalue weighted by Gasteiger charge is 2.25. The van der Waals surface area contributed by atoms with Gasteiger partial charge in [-0.1, -0.05) is 35.9 Å². The molecule has 0 radical (unpaired) electrons. The summed E-state index contributed by atoms with van der Waals surface area (Å²) < 4.78 is 10.9. The van der Waals surface area contributed by atoms with Crippen molar-refractivity contribution in [1.82, 2.24) is 4.90 Å². The van der Waals surface area contributed by atoms with E-state index < -0.39 is 0 Å². The van der Waals surface area contributed by atoms with Crippen LogP contribution in [0.4, 0.5) is 0 Å². The van der Waals surface area contributed by atoms with E-state index in [0.29, 0.717) is 19.4 Å². The highest BCUT2D eigenvalue weighted by Crippen LogP contribution is 2.41. The van der Waals surface area contributed by atoms with E-state index in [-0.39, 0.29) is 12.6 Å². The van der Waals surface area contributed by atoms with E-state index >= 15 is 0 Å². The molecule has 2 heterocycles. The van der Waals surface area contributed by atoms with Gasteiger partial charge in [0.2, 0.25) is 0 Å². The fourth-order valence-corrected chi connectivity index (χ4v) is 4.40. The van der Waals surface area contributed by atoms with Gasteiger partial charge in [-0.05, 0) is 53.7 Å². The number of esters is 1. The molecule has 2 aromatic carbocycles. The van der Waals surface area contributed by atoms with Gasteiger partial charge in [0.15, 0.2) is 0 Å². The van der Waals surface area contributed by atoms with Crippen LogP contribution in [0.3, 0.4) is 0 Å². The molecule has 30 heavy (non-hydrogen) atoms. The van der Waals surface area contributed by atoms with Crippen LogP contribution in [0.25, 0.3) is 5.57 Å². The Bertz CT molecular complexity index is 940. The molecule has 0 saturated carbocycles. The summed E-state index contributed by atoms with van der Waals surface area (Å²) in [6.45, 7) is 3.31. The topological polar surface area (TPSA) is 59.0 Å². The number of aliphatic hydroxyl groups is 1. The van der Waals surface area contributed by atoms with Crippen molar-refractivity contribution in [2.24, 2.45) is 0 Å². The Kier molecular flexibility index (Phi) is 6.50. The van der Waals surface area contributed by atoms with Crippen LogP contribution in [0.5, 0.6) is 5.75 Å².